The number of hydrogen-bond acceptors (Lipinski definition) is 8. The van der Waals surface area contributed by atoms with Gasteiger partial charge in [0.1, 0.15) is 12.0 Å². The maximum Gasteiger partial charge on any atom is 0.407 e. The number of methoxy groups -OCH3 is 1. The number of ether oxygens (including phenoxy) is 1. The van der Waals surface area contributed by atoms with Crippen LogP contribution in [0.15, 0.2) is 66.0 Å². The molecule has 4 heterocycles. The Kier molecular flexibility index (Phi) is 7.40. The monoisotopic (exact) mass is 576 g/mol. The molecule has 0 atom stereocenters. The van der Waals surface area contributed by atoms with Gasteiger partial charge in [0.2, 0.25) is 0 Å². The highest BCUT2D eigenvalue weighted by Crippen LogP contribution is 2.42. The molecule has 1 aromatic carbocycles. The molecule has 12 heteroatoms. The quantitative estimate of drug-likeness (QED) is 0.273. The van der Waals surface area contributed by atoms with Crippen LogP contribution in [0.4, 0.5) is 4.79 Å². The standard InChI is InChI=1S/C31H28N8O4/c1-37-18-34-36-29(37)24-11-19(14-32)3-7-23(24)22-12-26(21-5-6-21)35-27(13-22)25-15-33-28-8-4-20(17-39(28)30(25)40)16-38(31(41)42)9-10-43-2/h3-4,7-8,11-13,15,17-18,21H,5-6,9-10,16H2,1-2H3,(H,41,42). The number of benzene rings is 1. The van der Waals surface area contributed by atoms with E-state index in [2.05, 4.69) is 21.3 Å². The van der Waals surface area contributed by atoms with Gasteiger partial charge in [0.05, 0.1) is 36.0 Å². The largest absolute Gasteiger partial charge is 0.465 e. The van der Waals surface area contributed by atoms with Gasteiger partial charge in [-0.15, -0.1) is 10.2 Å². The summed E-state index contributed by atoms with van der Waals surface area (Å²) in [6, 6.07) is 15.0. The van der Waals surface area contributed by atoms with E-state index in [4.69, 9.17) is 9.72 Å². The molecule has 0 bridgehead atoms. The molecule has 216 valence electrons. The number of rotatable bonds is 9. The second-order valence-corrected chi connectivity index (χ2v) is 10.5. The molecule has 1 saturated carbocycles. The van der Waals surface area contributed by atoms with Crippen molar-refractivity contribution >= 4 is 11.7 Å². The minimum absolute atomic E-state index is 0.0916. The van der Waals surface area contributed by atoms with Crippen molar-refractivity contribution in [1.29, 1.82) is 5.26 Å². The van der Waals surface area contributed by atoms with Gasteiger partial charge in [-0.3, -0.25) is 14.2 Å². The van der Waals surface area contributed by atoms with Crippen molar-refractivity contribution in [2.45, 2.75) is 25.3 Å². The molecule has 43 heavy (non-hydrogen) atoms. The van der Waals surface area contributed by atoms with Crippen LogP contribution in [0.25, 0.3) is 39.4 Å². The molecule has 12 nitrogen and oxygen atoms in total. The first kappa shape index (κ1) is 27.7. The lowest BCUT2D eigenvalue weighted by Crippen LogP contribution is -2.32. The molecule has 0 spiro atoms. The third-order valence-electron chi connectivity index (χ3n) is 7.50. The number of nitriles is 1. The Bertz CT molecular complexity index is 1950. The van der Waals surface area contributed by atoms with E-state index < -0.39 is 6.09 Å². The lowest BCUT2D eigenvalue weighted by atomic mass is 9.95. The first-order valence-electron chi connectivity index (χ1n) is 13.7. The first-order valence-corrected chi connectivity index (χ1v) is 13.7. The van der Waals surface area contributed by atoms with E-state index in [9.17, 15) is 20.0 Å². The van der Waals surface area contributed by atoms with Crippen LogP contribution < -0.4 is 5.56 Å². The van der Waals surface area contributed by atoms with Gasteiger partial charge >= 0.3 is 6.09 Å². The van der Waals surface area contributed by atoms with Crippen molar-refractivity contribution in [2.75, 3.05) is 20.3 Å². The number of hydrogen-bond donors (Lipinski definition) is 1. The van der Waals surface area contributed by atoms with E-state index in [-0.39, 0.29) is 25.3 Å². The van der Waals surface area contributed by atoms with Crippen LogP contribution >= 0.6 is 0 Å². The van der Waals surface area contributed by atoms with E-state index in [1.165, 1.54) is 22.6 Å². The summed E-state index contributed by atoms with van der Waals surface area (Å²) in [6.07, 6.45) is 5.71. The second-order valence-electron chi connectivity index (χ2n) is 10.5. The molecule has 1 N–H and O–H groups in total. The van der Waals surface area contributed by atoms with Gasteiger partial charge in [0, 0.05) is 50.3 Å². The molecule has 6 rings (SSSR count). The van der Waals surface area contributed by atoms with Crippen molar-refractivity contribution in [1.82, 2.24) is 34.0 Å². The van der Waals surface area contributed by atoms with Crippen molar-refractivity contribution in [3.8, 4) is 39.8 Å². The first-order chi connectivity index (χ1) is 20.9. The Balaban J connectivity index is 1.46. The van der Waals surface area contributed by atoms with E-state index in [0.717, 1.165) is 35.2 Å². The van der Waals surface area contributed by atoms with Gasteiger partial charge in [-0.25, -0.2) is 9.78 Å². The van der Waals surface area contributed by atoms with Gasteiger partial charge in [0.15, 0.2) is 5.82 Å². The van der Waals surface area contributed by atoms with Gasteiger partial charge < -0.3 is 19.3 Å². The van der Waals surface area contributed by atoms with Gasteiger partial charge in [-0.05, 0) is 59.9 Å². The lowest BCUT2D eigenvalue weighted by Gasteiger charge is -2.19. The van der Waals surface area contributed by atoms with E-state index >= 15 is 0 Å². The molecule has 4 aromatic heterocycles. The van der Waals surface area contributed by atoms with Gasteiger partial charge in [0.25, 0.3) is 5.56 Å². The average Bonchev–Trinajstić information content (AvgIpc) is 3.79. The molecule has 5 aromatic rings. The van der Waals surface area contributed by atoms with Crippen molar-refractivity contribution in [3.05, 3.63) is 88.4 Å². The second kappa shape index (κ2) is 11.5. The molecule has 1 aliphatic carbocycles. The third kappa shape index (κ3) is 5.58. The Morgan fingerprint density at radius 3 is 2.70 bits per heavy atom. The Morgan fingerprint density at radius 1 is 1.16 bits per heavy atom. The van der Waals surface area contributed by atoms with Crippen LogP contribution in [0.2, 0.25) is 0 Å². The fourth-order valence-corrected chi connectivity index (χ4v) is 5.07. The number of pyridine rings is 2. The summed E-state index contributed by atoms with van der Waals surface area (Å²) >= 11 is 0. The number of aromatic nitrogens is 6. The summed E-state index contributed by atoms with van der Waals surface area (Å²) in [7, 11) is 3.35. The molecule has 1 fully saturated rings. The number of aryl methyl sites for hydroxylation is 1. The Morgan fingerprint density at radius 2 is 2.00 bits per heavy atom. The summed E-state index contributed by atoms with van der Waals surface area (Å²) in [5.74, 6) is 0.909. The normalized spacial score (nSPS) is 12.8. The predicted molar refractivity (Wildman–Crippen MR) is 157 cm³/mol. The third-order valence-corrected chi connectivity index (χ3v) is 7.50. The number of nitrogens with zero attached hydrogens (tertiary/aromatic N) is 8. The van der Waals surface area contributed by atoms with E-state index in [1.54, 1.807) is 41.4 Å². The van der Waals surface area contributed by atoms with Gasteiger partial charge in [-0.2, -0.15) is 5.26 Å². The highest BCUT2D eigenvalue weighted by Gasteiger charge is 2.27. The van der Waals surface area contributed by atoms with E-state index in [0.29, 0.717) is 39.8 Å². The van der Waals surface area contributed by atoms with Crippen LogP contribution in [0.3, 0.4) is 0 Å². The number of fused-ring (bicyclic) bond motifs is 1. The molecule has 1 amide bonds. The topological polar surface area (TPSA) is 152 Å². The zero-order chi connectivity index (χ0) is 30.1. The van der Waals surface area contributed by atoms with Crippen molar-refractivity contribution < 1.29 is 14.6 Å². The van der Waals surface area contributed by atoms with Crippen molar-refractivity contribution in [2.24, 2.45) is 7.05 Å². The highest BCUT2D eigenvalue weighted by atomic mass is 16.5. The Labute approximate surface area is 246 Å². The summed E-state index contributed by atoms with van der Waals surface area (Å²) < 4.78 is 8.26. The molecule has 0 aliphatic heterocycles. The minimum atomic E-state index is -1.08. The molecular weight excluding hydrogens is 548 g/mol. The molecule has 1 aliphatic rings. The van der Waals surface area contributed by atoms with Gasteiger partial charge in [-0.1, -0.05) is 12.1 Å². The zero-order valence-electron chi connectivity index (χ0n) is 23.6. The van der Waals surface area contributed by atoms with E-state index in [1.807, 2.05) is 25.2 Å². The fraction of sp³-hybridized carbons (Fsp3) is 0.258. The summed E-state index contributed by atoms with van der Waals surface area (Å²) in [5.41, 5.74) is 5.36. The maximum absolute atomic E-state index is 13.9. The summed E-state index contributed by atoms with van der Waals surface area (Å²) in [6.45, 7) is 0.548. The average molecular weight is 577 g/mol. The van der Waals surface area contributed by atoms with Crippen LogP contribution in [-0.2, 0) is 18.3 Å². The minimum Gasteiger partial charge on any atom is -0.465 e. The molecule has 0 unspecified atom stereocenters. The number of carboxylic acid groups (broad SMARTS) is 1. The van der Waals surface area contributed by atoms with Crippen molar-refractivity contribution in [3.63, 3.8) is 0 Å². The zero-order valence-corrected chi connectivity index (χ0v) is 23.6. The summed E-state index contributed by atoms with van der Waals surface area (Å²) in [5, 5.41) is 27.5. The van der Waals surface area contributed by atoms with Crippen LogP contribution in [0.5, 0.6) is 0 Å². The predicted octanol–water partition coefficient (Wildman–Crippen LogP) is 4.09. The number of carbonyl (C=O) groups is 1. The summed E-state index contributed by atoms with van der Waals surface area (Å²) in [4.78, 5) is 36.2. The smallest absolute Gasteiger partial charge is 0.407 e. The molecule has 0 saturated heterocycles. The number of amides is 1. The fourth-order valence-electron chi connectivity index (χ4n) is 5.07. The maximum atomic E-state index is 13.9. The highest BCUT2D eigenvalue weighted by molar-refractivity contribution is 5.83. The molecular formula is C31H28N8O4. The van der Waals surface area contributed by atoms with Crippen LogP contribution in [-0.4, -0.2) is 65.5 Å². The van der Waals surface area contributed by atoms with Crippen LogP contribution in [0.1, 0.15) is 35.6 Å². The molecule has 0 radical (unpaired) electrons. The SMILES string of the molecule is COCCN(Cc1ccc2ncc(-c3cc(-c4ccc(C#N)cc4-c4nncn4C)cc(C4CC4)n3)c(=O)n2c1)C(=O)O. The lowest BCUT2D eigenvalue weighted by molar-refractivity contribution is 0.115. The van der Waals surface area contributed by atoms with Crippen LogP contribution in [0, 0.1) is 11.3 Å². The Hall–Kier alpha value is -5.41.